The van der Waals surface area contributed by atoms with Gasteiger partial charge in [-0.3, -0.25) is 0 Å². The molecule has 1 rings (SSSR count). The smallest absolute Gasteiger partial charge is 0.302 e. The number of hydrogen-bond donors (Lipinski definition) is 0. The second-order valence-corrected chi connectivity index (χ2v) is 3.65. The zero-order valence-electron chi connectivity index (χ0n) is 6.88. The first kappa shape index (κ1) is 11.2. The van der Waals surface area contributed by atoms with Gasteiger partial charge >= 0.3 is 6.18 Å². The van der Waals surface area contributed by atoms with Crippen LogP contribution in [0.2, 0.25) is 0 Å². The second-order valence-electron chi connectivity index (χ2n) is 2.66. The molecule has 0 fully saturated rings. The Kier molecular flexibility index (Phi) is 3.31. The SMILES string of the molecule is O=CC(Br)c1cccc(C(F)(F)F)c1. The van der Waals surface area contributed by atoms with Crippen LogP contribution in [0.3, 0.4) is 0 Å². The highest BCUT2D eigenvalue weighted by Crippen LogP contribution is 2.31. The normalized spacial score (nSPS) is 13.7. The molecule has 0 N–H and O–H groups in total. The van der Waals surface area contributed by atoms with E-state index in [1.807, 2.05) is 0 Å². The standard InChI is InChI=1S/C9H6BrF3O/c10-8(5-14)6-2-1-3-7(4-6)9(11,12)13/h1-5,8H. The van der Waals surface area contributed by atoms with Crippen molar-refractivity contribution in [2.24, 2.45) is 0 Å². The lowest BCUT2D eigenvalue weighted by Crippen LogP contribution is -2.05. The summed E-state index contributed by atoms with van der Waals surface area (Å²) in [7, 11) is 0. The summed E-state index contributed by atoms with van der Waals surface area (Å²) in [5.74, 6) is 0. The lowest BCUT2D eigenvalue weighted by molar-refractivity contribution is -0.137. The minimum Gasteiger partial charge on any atom is -0.302 e. The van der Waals surface area contributed by atoms with Gasteiger partial charge in [-0.2, -0.15) is 13.2 Å². The van der Waals surface area contributed by atoms with Crippen LogP contribution in [-0.4, -0.2) is 6.29 Å². The highest BCUT2D eigenvalue weighted by molar-refractivity contribution is 9.09. The van der Waals surface area contributed by atoms with Gasteiger partial charge in [0.15, 0.2) is 0 Å². The summed E-state index contributed by atoms with van der Waals surface area (Å²) in [5, 5.41) is 0. The fraction of sp³-hybridized carbons (Fsp3) is 0.222. The van der Waals surface area contributed by atoms with Crippen molar-refractivity contribution in [1.82, 2.24) is 0 Å². The van der Waals surface area contributed by atoms with Gasteiger partial charge in [0.05, 0.1) is 10.4 Å². The Morgan fingerprint density at radius 3 is 2.50 bits per heavy atom. The van der Waals surface area contributed by atoms with Crippen molar-refractivity contribution in [1.29, 1.82) is 0 Å². The number of aldehydes is 1. The molecule has 0 saturated heterocycles. The Morgan fingerprint density at radius 1 is 1.36 bits per heavy atom. The Morgan fingerprint density at radius 2 is 2.00 bits per heavy atom. The zero-order valence-corrected chi connectivity index (χ0v) is 8.47. The van der Waals surface area contributed by atoms with Crippen LogP contribution in [0.5, 0.6) is 0 Å². The van der Waals surface area contributed by atoms with Crippen LogP contribution in [0.15, 0.2) is 24.3 Å². The fourth-order valence-corrected chi connectivity index (χ4v) is 1.25. The predicted molar refractivity (Wildman–Crippen MR) is 49.2 cm³/mol. The monoisotopic (exact) mass is 266 g/mol. The Bertz CT molecular complexity index is 335. The summed E-state index contributed by atoms with van der Waals surface area (Å²) >= 11 is 2.95. The van der Waals surface area contributed by atoms with E-state index in [1.54, 1.807) is 0 Å². The predicted octanol–water partition coefficient (Wildman–Crippen LogP) is 3.34. The van der Waals surface area contributed by atoms with Crippen molar-refractivity contribution in [3.8, 4) is 0 Å². The van der Waals surface area contributed by atoms with Gasteiger partial charge in [0.2, 0.25) is 0 Å². The summed E-state index contributed by atoms with van der Waals surface area (Å²) < 4.78 is 36.7. The molecule has 0 saturated carbocycles. The molecule has 1 aromatic rings. The van der Waals surface area contributed by atoms with Crippen LogP contribution in [0.4, 0.5) is 13.2 Å². The van der Waals surface area contributed by atoms with Gasteiger partial charge in [-0.15, -0.1) is 0 Å². The number of halogens is 4. The van der Waals surface area contributed by atoms with Gasteiger partial charge in [0.1, 0.15) is 6.29 Å². The summed E-state index contributed by atoms with van der Waals surface area (Å²) in [4.78, 5) is 9.65. The van der Waals surface area contributed by atoms with E-state index in [9.17, 15) is 18.0 Å². The molecule has 0 aliphatic rings. The number of carbonyl (C=O) groups excluding carboxylic acids is 1. The van der Waals surface area contributed by atoms with Gasteiger partial charge in [-0.25, -0.2) is 0 Å². The number of carbonyl (C=O) groups is 1. The first-order valence-electron chi connectivity index (χ1n) is 3.71. The maximum atomic E-state index is 12.2. The van der Waals surface area contributed by atoms with E-state index < -0.39 is 16.6 Å². The molecule has 0 spiro atoms. The van der Waals surface area contributed by atoms with E-state index in [1.165, 1.54) is 12.1 Å². The summed E-state index contributed by atoms with van der Waals surface area (Å²) in [6.45, 7) is 0. The Labute approximate surface area is 87.1 Å². The summed E-state index contributed by atoms with van der Waals surface area (Å²) in [5.41, 5.74) is -0.448. The van der Waals surface area contributed by atoms with Crippen LogP contribution in [0.25, 0.3) is 0 Å². The summed E-state index contributed by atoms with van der Waals surface area (Å²) in [6.07, 6.45) is -3.83. The lowest BCUT2D eigenvalue weighted by Gasteiger charge is -2.09. The van der Waals surface area contributed by atoms with E-state index in [-0.39, 0.29) is 0 Å². The van der Waals surface area contributed by atoms with Crippen LogP contribution >= 0.6 is 15.9 Å². The largest absolute Gasteiger partial charge is 0.416 e. The van der Waals surface area contributed by atoms with Crippen LogP contribution in [-0.2, 0) is 11.0 Å². The fourth-order valence-electron chi connectivity index (χ4n) is 0.965. The molecule has 0 heterocycles. The van der Waals surface area contributed by atoms with Crippen molar-refractivity contribution in [2.45, 2.75) is 11.0 Å². The van der Waals surface area contributed by atoms with Gasteiger partial charge in [0, 0.05) is 0 Å². The zero-order chi connectivity index (χ0) is 10.8. The Hall–Kier alpha value is -0.840. The molecule has 0 aromatic heterocycles. The average molecular weight is 267 g/mol. The molecule has 1 aromatic carbocycles. The van der Waals surface area contributed by atoms with Gasteiger partial charge in [-0.05, 0) is 11.6 Å². The molecule has 14 heavy (non-hydrogen) atoms. The van der Waals surface area contributed by atoms with E-state index in [0.29, 0.717) is 11.8 Å². The number of rotatable bonds is 2. The van der Waals surface area contributed by atoms with E-state index in [4.69, 9.17) is 0 Å². The van der Waals surface area contributed by atoms with Crippen molar-refractivity contribution < 1.29 is 18.0 Å². The molecule has 0 aliphatic heterocycles. The van der Waals surface area contributed by atoms with Crippen LogP contribution in [0.1, 0.15) is 16.0 Å². The van der Waals surface area contributed by atoms with Crippen molar-refractivity contribution in [3.05, 3.63) is 35.4 Å². The Balaban J connectivity index is 3.07. The van der Waals surface area contributed by atoms with Crippen molar-refractivity contribution >= 4 is 22.2 Å². The third-order valence-electron chi connectivity index (χ3n) is 1.65. The molecular weight excluding hydrogens is 261 g/mol. The summed E-state index contributed by atoms with van der Waals surface area (Å²) in [6, 6.07) is 4.65. The first-order chi connectivity index (χ1) is 6.45. The molecule has 5 heteroatoms. The highest BCUT2D eigenvalue weighted by atomic mass is 79.9. The molecular formula is C9H6BrF3O. The molecule has 76 valence electrons. The van der Waals surface area contributed by atoms with Gasteiger partial charge in [-0.1, -0.05) is 34.1 Å². The number of alkyl halides is 4. The molecule has 1 nitrogen and oxygen atoms in total. The molecule has 0 aliphatic carbocycles. The molecule has 0 bridgehead atoms. The van der Waals surface area contributed by atoms with E-state index >= 15 is 0 Å². The molecule has 1 atom stereocenters. The van der Waals surface area contributed by atoms with Gasteiger partial charge < -0.3 is 4.79 Å². The second kappa shape index (κ2) is 4.13. The minimum absolute atomic E-state index is 0.301. The molecule has 0 radical (unpaired) electrons. The molecule has 0 amide bonds. The lowest BCUT2D eigenvalue weighted by atomic mass is 10.1. The van der Waals surface area contributed by atoms with E-state index in [0.717, 1.165) is 12.1 Å². The minimum atomic E-state index is -4.37. The average Bonchev–Trinajstić information content (AvgIpc) is 2.15. The van der Waals surface area contributed by atoms with Crippen molar-refractivity contribution in [2.75, 3.05) is 0 Å². The highest BCUT2D eigenvalue weighted by Gasteiger charge is 2.30. The maximum Gasteiger partial charge on any atom is 0.416 e. The maximum absolute atomic E-state index is 12.2. The first-order valence-corrected chi connectivity index (χ1v) is 4.63. The third-order valence-corrected chi connectivity index (χ3v) is 2.40. The van der Waals surface area contributed by atoms with E-state index in [2.05, 4.69) is 15.9 Å². The topological polar surface area (TPSA) is 17.1 Å². The molecule has 1 unspecified atom stereocenters. The van der Waals surface area contributed by atoms with Gasteiger partial charge in [0.25, 0.3) is 0 Å². The van der Waals surface area contributed by atoms with Crippen LogP contribution < -0.4 is 0 Å². The van der Waals surface area contributed by atoms with Crippen LogP contribution in [0, 0.1) is 0 Å². The number of benzene rings is 1. The van der Waals surface area contributed by atoms with Crippen molar-refractivity contribution in [3.63, 3.8) is 0 Å². The quantitative estimate of drug-likeness (QED) is 0.593. The number of hydrogen-bond acceptors (Lipinski definition) is 1. The third kappa shape index (κ3) is 2.57.